The molecule has 2 aromatic rings. The van der Waals surface area contributed by atoms with Crippen molar-refractivity contribution in [1.82, 2.24) is 19.5 Å². The van der Waals surface area contributed by atoms with E-state index in [1.54, 1.807) is 7.11 Å². The molecule has 0 saturated carbocycles. The molecular weight excluding hydrogens is 280 g/mol. The SMILES string of the molecule is COc1ncnc2c1nc(CCCl)n2CC1CCOC1. The second-order valence-corrected chi connectivity index (χ2v) is 5.24. The van der Waals surface area contributed by atoms with Crippen LogP contribution in [0.3, 0.4) is 0 Å². The Kier molecular flexibility index (Phi) is 4.03. The molecule has 0 spiro atoms. The van der Waals surface area contributed by atoms with Gasteiger partial charge in [0.15, 0.2) is 11.2 Å². The van der Waals surface area contributed by atoms with Crippen molar-refractivity contribution >= 4 is 22.8 Å². The first-order chi connectivity index (χ1) is 9.83. The third-order valence-electron chi connectivity index (χ3n) is 3.55. The van der Waals surface area contributed by atoms with E-state index in [1.165, 1.54) is 6.33 Å². The number of nitrogens with zero attached hydrogens (tertiary/aromatic N) is 4. The van der Waals surface area contributed by atoms with Crippen molar-refractivity contribution in [1.29, 1.82) is 0 Å². The zero-order chi connectivity index (χ0) is 13.9. The van der Waals surface area contributed by atoms with Gasteiger partial charge in [0.25, 0.3) is 0 Å². The first kappa shape index (κ1) is 13.6. The number of imidazole rings is 1. The van der Waals surface area contributed by atoms with Crippen molar-refractivity contribution in [2.45, 2.75) is 19.4 Å². The van der Waals surface area contributed by atoms with Crippen molar-refractivity contribution in [3.8, 4) is 5.88 Å². The molecule has 20 heavy (non-hydrogen) atoms. The number of aryl methyl sites for hydroxylation is 1. The lowest BCUT2D eigenvalue weighted by atomic mass is 10.1. The minimum atomic E-state index is 0.502. The highest BCUT2D eigenvalue weighted by atomic mass is 35.5. The summed E-state index contributed by atoms with van der Waals surface area (Å²) in [5.74, 6) is 2.47. The Bertz CT molecular complexity index is 595. The molecule has 0 bridgehead atoms. The summed E-state index contributed by atoms with van der Waals surface area (Å²) in [7, 11) is 1.59. The predicted molar refractivity (Wildman–Crippen MR) is 75.2 cm³/mol. The van der Waals surface area contributed by atoms with Crippen LogP contribution in [0, 0.1) is 5.92 Å². The van der Waals surface area contributed by atoms with Crippen LogP contribution in [0.1, 0.15) is 12.2 Å². The van der Waals surface area contributed by atoms with E-state index >= 15 is 0 Å². The van der Waals surface area contributed by atoms with Gasteiger partial charge in [0.2, 0.25) is 5.88 Å². The largest absolute Gasteiger partial charge is 0.479 e. The van der Waals surface area contributed by atoms with Crippen LogP contribution in [0.4, 0.5) is 0 Å². The number of fused-ring (bicyclic) bond motifs is 1. The van der Waals surface area contributed by atoms with Gasteiger partial charge in [-0.25, -0.2) is 9.97 Å². The van der Waals surface area contributed by atoms with E-state index in [0.717, 1.165) is 37.7 Å². The Morgan fingerprint density at radius 2 is 2.40 bits per heavy atom. The summed E-state index contributed by atoms with van der Waals surface area (Å²) < 4.78 is 12.8. The van der Waals surface area contributed by atoms with Crippen LogP contribution >= 0.6 is 11.6 Å². The van der Waals surface area contributed by atoms with Crippen LogP contribution in [0.15, 0.2) is 6.33 Å². The van der Waals surface area contributed by atoms with Crippen molar-refractivity contribution in [2.24, 2.45) is 5.92 Å². The number of halogens is 1. The van der Waals surface area contributed by atoms with Crippen molar-refractivity contribution in [2.75, 3.05) is 26.2 Å². The standard InChI is InChI=1S/C13H17ClN4O2/c1-19-13-11-12(15-8-16-13)18(10(17-11)2-4-14)6-9-3-5-20-7-9/h8-9H,2-7H2,1H3. The summed E-state index contributed by atoms with van der Waals surface area (Å²) in [5, 5.41) is 0. The van der Waals surface area contributed by atoms with E-state index in [0.29, 0.717) is 29.6 Å². The normalized spacial score (nSPS) is 18.8. The minimum Gasteiger partial charge on any atom is -0.479 e. The molecule has 1 aliphatic rings. The molecule has 7 heteroatoms. The average molecular weight is 297 g/mol. The molecule has 6 nitrogen and oxygen atoms in total. The zero-order valence-electron chi connectivity index (χ0n) is 11.4. The molecule has 0 radical (unpaired) electrons. The molecular formula is C13H17ClN4O2. The monoisotopic (exact) mass is 296 g/mol. The second-order valence-electron chi connectivity index (χ2n) is 4.86. The maximum atomic E-state index is 5.88. The molecule has 0 amide bonds. The number of ether oxygens (including phenoxy) is 2. The van der Waals surface area contributed by atoms with Gasteiger partial charge in [-0.05, 0) is 6.42 Å². The van der Waals surface area contributed by atoms with Gasteiger partial charge in [0, 0.05) is 31.4 Å². The highest BCUT2D eigenvalue weighted by Crippen LogP contribution is 2.24. The minimum absolute atomic E-state index is 0.502. The molecule has 0 aromatic carbocycles. The van der Waals surface area contributed by atoms with E-state index in [1.807, 2.05) is 0 Å². The lowest BCUT2D eigenvalue weighted by molar-refractivity contribution is 0.182. The Labute approximate surface area is 122 Å². The number of hydrogen-bond donors (Lipinski definition) is 0. The molecule has 3 heterocycles. The Balaban J connectivity index is 2.03. The molecule has 1 saturated heterocycles. The van der Waals surface area contributed by atoms with E-state index in [9.17, 15) is 0 Å². The molecule has 3 rings (SSSR count). The number of aromatic nitrogens is 4. The first-order valence-electron chi connectivity index (χ1n) is 6.71. The van der Waals surface area contributed by atoms with Crippen LogP contribution in [-0.4, -0.2) is 45.7 Å². The zero-order valence-corrected chi connectivity index (χ0v) is 12.1. The molecule has 1 aliphatic heterocycles. The maximum absolute atomic E-state index is 5.88. The van der Waals surface area contributed by atoms with Crippen LogP contribution in [0.2, 0.25) is 0 Å². The third-order valence-corrected chi connectivity index (χ3v) is 3.74. The van der Waals surface area contributed by atoms with E-state index in [-0.39, 0.29) is 0 Å². The average Bonchev–Trinajstić information content (AvgIpc) is 3.08. The van der Waals surface area contributed by atoms with E-state index in [2.05, 4.69) is 19.5 Å². The molecule has 0 N–H and O–H groups in total. The lowest BCUT2D eigenvalue weighted by Crippen LogP contribution is -2.14. The second kappa shape index (κ2) is 5.93. The fourth-order valence-corrected chi connectivity index (χ4v) is 2.73. The summed E-state index contributed by atoms with van der Waals surface area (Å²) in [5.41, 5.74) is 1.51. The highest BCUT2D eigenvalue weighted by molar-refractivity contribution is 6.17. The van der Waals surface area contributed by atoms with Gasteiger partial charge in [-0.1, -0.05) is 0 Å². The third kappa shape index (κ3) is 2.45. The van der Waals surface area contributed by atoms with Gasteiger partial charge in [0.1, 0.15) is 12.2 Å². The van der Waals surface area contributed by atoms with E-state index in [4.69, 9.17) is 21.1 Å². The summed E-state index contributed by atoms with van der Waals surface area (Å²) in [6.45, 7) is 2.48. The fraction of sp³-hybridized carbons (Fsp3) is 0.615. The highest BCUT2D eigenvalue weighted by Gasteiger charge is 2.21. The topological polar surface area (TPSA) is 62.1 Å². The molecule has 2 aromatic heterocycles. The Morgan fingerprint density at radius 1 is 1.50 bits per heavy atom. The summed E-state index contributed by atoms with van der Waals surface area (Å²) in [6.07, 6.45) is 3.28. The van der Waals surface area contributed by atoms with Gasteiger partial charge in [-0.3, -0.25) is 0 Å². The van der Waals surface area contributed by atoms with Crippen LogP contribution in [0.25, 0.3) is 11.2 Å². The number of methoxy groups -OCH3 is 1. The first-order valence-corrected chi connectivity index (χ1v) is 7.24. The van der Waals surface area contributed by atoms with Gasteiger partial charge in [-0.2, -0.15) is 4.98 Å². The number of hydrogen-bond acceptors (Lipinski definition) is 5. The summed E-state index contributed by atoms with van der Waals surface area (Å²) in [6, 6.07) is 0. The predicted octanol–water partition coefficient (Wildman–Crippen LogP) is 1.65. The molecule has 1 atom stereocenters. The van der Waals surface area contributed by atoms with Gasteiger partial charge < -0.3 is 14.0 Å². The van der Waals surface area contributed by atoms with Crippen molar-refractivity contribution in [3.05, 3.63) is 12.2 Å². The van der Waals surface area contributed by atoms with Crippen LogP contribution in [-0.2, 0) is 17.7 Å². The molecule has 1 fully saturated rings. The fourth-order valence-electron chi connectivity index (χ4n) is 2.56. The number of alkyl halides is 1. The Morgan fingerprint density at radius 3 is 3.10 bits per heavy atom. The van der Waals surface area contributed by atoms with Gasteiger partial charge in [0.05, 0.1) is 13.7 Å². The maximum Gasteiger partial charge on any atom is 0.245 e. The Hall–Kier alpha value is -1.40. The van der Waals surface area contributed by atoms with Crippen LogP contribution < -0.4 is 4.74 Å². The summed E-state index contributed by atoms with van der Waals surface area (Å²) >= 11 is 5.88. The molecule has 1 unspecified atom stereocenters. The smallest absolute Gasteiger partial charge is 0.245 e. The summed E-state index contributed by atoms with van der Waals surface area (Å²) in [4.78, 5) is 13.1. The quantitative estimate of drug-likeness (QED) is 0.785. The molecule has 108 valence electrons. The van der Waals surface area contributed by atoms with Crippen molar-refractivity contribution < 1.29 is 9.47 Å². The van der Waals surface area contributed by atoms with Crippen LogP contribution in [0.5, 0.6) is 5.88 Å². The lowest BCUT2D eigenvalue weighted by Gasteiger charge is -2.12. The van der Waals surface area contributed by atoms with Crippen molar-refractivity contribution in [3.63, 3.8) is 0 Å². The van der Waals surface area contributed by atoms with Gasteiger partial charge >= 0.3 is 0 Å². The van der Waals surface area contributed by atoms with E-state index < -0.39 is 0 Å². The molecule has 0 aliphatic carbocycles. The number of rotatable bonds is 5. The van der Waals surface area contributed by atoms with Gasteiger partial charge in [-0.15, -0.1) is 11.6 Å².